The molecule has 3 N–H and O–H groups in total. The van der Waals surface area contributed by atoms with Crippen LogP contribution in [0.2, 0.25) is 5.02 Å². The maximum Gasteiger partial charge on any atom is 0.274 e. The Morgan fingerprint density at radius 2 is 2.38 bits per heavy atom. The quantitative estimate of drug-likeness (QED) is 0.509. The Labute approximate surface area is 107 Å². The van der Waals surface area contributed by atoms with Crippen LogP contribution in [0.1, 0.15) is 13.3 Å². The molecule has 16 heavy (non-hydrogen) atoms. The summed E-state index contributed by atoms with van der Waals surface area (Å²) in [6.07, 6.45) is -0.136. The summed E-state index contributed by atoms with van der Waals surface area (Å²) in [5.74, 6) is 5.12. The Hall–Kier alpha value is -0.780. The minimum atomic E-state index is -0.642. The van der Waals surface area contributed by atoms with Gasteiger partial charge < -0.3 is 4.74 Å². The summed E-state index contributed by atoms with van der Waals surface area (Å²) in [6, 6.07) is 5.18. The maximum absolute atomic E-state index is 11.3. The Balaban J connectivity index is 2.85. The highest BCUT2D eigenvalue weighted by molar-refractivity contribution is 9.10. The molecular formula is C10H12BrClN2O2. The Kier molecular flexibility index (Phi) is 5.05. The van der Waals surface area contributed by atoms with E-state index in [0.29, 0.717) is 17.2 Å². The van der Waals surface area contributed by atoms with Crippen molar-refractivity contribution in [1.82, 2.24) is 5.43 Å². The average Bonchev–Trinajstić information content (AvgIpc) is 2.29. The van der Waals surface area contributed by atoms with E-state index in [1.165, 1.54) is 0 Å². The third-order valence-corrected chi connectivity index (χ3v) is 2.77. The zero-order chi connectivity index (χ0) is 12.1. The number of nitrogens with two attached hydrogens (primary N) is 1. The number of hydrogen-bond acceptors (Lipinski definition) is 3. The molecule has 0 heterocycles. The van der Waals surface area contributed by atoms with Gasteiger partial charge in [-0.2, -0.15) is 0 Å². The molecule has 1 rings (SSSR count). The summed E-state index contributed by atoms with van der Waals surface area (Å²) < 4.78 is 6.30. The van der Waals surface area contributed by atoms with Crippen LogP contribution in [0.25, 0.3) is 0 Å². The lowest BCUT2D eigenvalue weighted by Crippen LogP contribution is -2.41. The molecule has 1 atom stereocenters. The van der Waals surface area contributed by atoms with Crippen molar-refractivity contribution < 1.29 is 9.53 Å². The van der Waals surface area contributed by atoms with Gasteiger partial charge in [-0.3, -0.25) is 10.2 Å². The van der Waals surface area contributed by atoms with E-state index in [1.807, 2.05) is 6.92 Å². The topological polar surface area (TPSA) is 64.3 Å². The number of benzene rings is 1. The molecule has 0 saturated carbocycles. The van der Waals surface area contributed by atoms with E-state index in [9.17, 15) is 4.79 Å². The number of carbonyl (C=O) groups excluding carboxylic acids is 1. The molecule has 0 bridgehead atoms. The molecule has 0 aliphatic heterocycles. The third-order valence-electron chi connectivity index (χ3n) is 1.97. The van der Waals surface area contributed by atoms with Crippen LogP contribution in [-0.4, -0.2) is 12.0 Å². The monoisotopic (exact) mass is 306 g/mol. The van der Waals surface area contributed by atoms with E-state index >= 15 is 0 Å². The largest absolute Gasteiger partial charge is 0.479 e. The number of carbonyl (C=O) groups is 1. The SMILES string of the molecule is CCC(Oc1cc(Br)ccc1Cl)C(=O)NN. The summed E-state index contributed by atoms with van der Waals surface area (Å²) in [4.78, 5) is 11.3. The molecule has 0 radical (unpaired) electrons. The first-order valence-corrected chi connectivity index (χ1v) is 5.87. The van der Waals surface area contributed by atoms with Crippen LogP contribution in [0, 0.1) is 0 Å². The van der Waals surface area contributed by atoms with Crippen LogP contribution in [0.3, 0.4) is 0 Å². The van der Waals surface area contributed by atoms with Gasteiger partial charge in [-0.1, -0.05) is 34.5 Å². The van der Waals surface area contributed by atoms with Crippen LogP contribution in [0.5, 0.6) is 5.75 Å². The van der Waals surface area contributed by atoms with Crippen LogP contribution < -0.4 is 16.0 Å². The normalized spacial score (nSPS) is 12.0. The van der Waals surface area contributed by atoms with Gasteiger partial charge in [0.1, 0.15) is 5.75 Å². The van der Waals surface area contributed by atoms with Gasteiger partial charge in [0.2, 0.25) is 0 Å². The Morgan fingerprint density at radius 1 is 1.69 bits per heavy atom. The van der Waals surface area contributed by atoms with E-state index in [2.05, 4.69) is 21.4 Å². The van der Waals surface area contributed by atoms with E-state index in [1.54, 1.807) is 18.2 Å². The van der Waals surface area contributed by atoms with Gasteiger partial charge in [-0.15, -0.1) is 0 Å². The van der Waals surface area contributed by atoms with Crippen LogP contribution in [0.4, 0.5) is 0 Å². The predicted octanol–water partition coefficient (Wildman–Crippen LogP) is 2.25. The number of halogens is 2. The van der Waals surface area contributed by atoms with Crippen molar-refractivity contribution in [2.24, 2.45) is 5.84 Å². The fourth-order valence-corrected chi connectivity index (χ4v) is 1.64. The van der Waals surface area contributed by atoms with E-state index in [4.69, 9.17) is 22.2 Å². The van der Waals surface area contributed by atoms with E-state index < -0.39 is 6.10 Å². The molecule has 0 aliphatic carbocycles. The second-order valence-electron chi connectivity index (χ2n) is 3.10. The number of nitrogens with one attached hydrogen (secondary N) is 1. The molecular weight excluding hydrogens is 295 g/mol. The summed E-state index contributed by atoms with van der Waals surface area (Å²) in [5, 5.41) is 0.450. The number of hydrogen-bond donors (Lipinski definition) is 2. The Bertz CT molecular complexity index is 387. The molecule has 1 amide bonds. The van der Waals surface area contributed by atoms with Gasteiger partial charge in [0.25, 0.3) is 5.91 Å². The maximum atomic E-state index is 11.3. The first-order chi connectivity index (χ1) is 7.58. The minimum absolute atomic E-state index is 0.376. The molecule has 6 heteroatoms. The van der Waals surface area contributed by atoms with Crippen molar-refractivity contribution in [2.75, 3.05) is 0 Å². The van der Waals surface area contributed by atoms with Crippen LogP contribution in [-0.2, 0) is 4.79 Å². The summed E-state index contributed by atoms with van der Waals surface area (Å²) in [6.45, 7) is 1.83. The minimum Gasteiger partial charge on any atom is -0.479 e. The lowest BCUT2D eigenvalue weighted by molar-refractivity contribution is -0.128. The smallest absolute Gasteiger partial charge is 0.274 e. The van der Waals surface area contributed by atoms with Crippen LogP contribution >= 0.6 is 27.5 Å². The van der Waals surface area contributed by atoms with Gasteiger partial charge in [0.15, 0.2) is 6.10 Å². The molecule has 0 aromatic heterocycles. The van der Waals surface area contributed by atoms with Crippen LogP contribution in [0.15, 0.2) is 22.7 Å². The van der Waals surface area contributed by atoms with Crippen molar-refractivity contribution in [3.63, 3.8) is 0 Å². The summed E-state index contributed by atoms with van der Waals surface area (Å²) in [7, 11) is 0. The number of ether oxygens (including phenoxy) is 1. The zero-order valence-corrected chi connectivity index (χ0v) is 11.0. The molecule has 1 aromatic rings. The first-order valence-electron chi connectivity index (χ1n) is 4.70. The fraction of sp³-hybridized carbons (Fsp3) is 0.300. The Morgan fingerprint density at radius 3 is 2.94 bits per heavy atom. The number of hydrazine groups is 1. The molecule has 0 fully saturated rings. The average molecular weight is 308 g/mol. The number of amides is 1. The van der Waals surface area contributed by atoms with Gasteiger partial charge in [0.05, 0.1) is 5.02 Å². The molecule has 0 aliphatic rings. The molecule has 0 saturated heterocycles. The second-order valence-corrected chi connectivity index (χ2v) is 4.42. The van der Waals surface area contributed by atoms with Gasteiger partial charge in [-0.25, -0.2) is 5.84 Å². The lowest BCUT2D eigenvalue weighted by atomic mass is 10.2. The molecule has 1 unspecified atom stereocenters. The van der Waals surface area contributed by atoms with Crippen molar-refractivity contribution in [3.8, 4) is 5.75 Å². The fourth-order valence-electron chi connectivity index (χ4n) is 1.14. The van der Waals surface area contributed by atoms with Gasteiger partial charge in [-0.05, 0) is 24.6 Å². The van der Waals surface area contributed by atoms with E-state index in [-0.39, 0.29) is 5.91 Å². The van der Waals surface area contributed by atoms with Gasteiger partial charge >= 0.3 is 0 Å². The van der Waals surface area contributed by atoms with Crippen molar-refractivity contribution in [1.29, 1.82) is 0 Å². The first kappa shape index (κ1) is 13.3. The molecule has 88 valence electrons. The van der Waals surface area contributed by atoms with Crippen molar-refractivity contribution >= 4 is 33.4 Å². The molecule has 0 spiro atoms. The third kappa shape index (κ3) is 3.37. The highest BCUT2D eigenvalue weighted by atomic mass is 79.9. The number of rotatable bonds is 4. The van der Waals surface area contributed by atoms with E-state index in [0.717, 1.165) is 4.47 Å². The van der Waals surface area contributed by atoms with Crippen molar-refractivity contribution in [3.05, 3.63) is 27.7 Å². The zero-order valence-electron chi connectivity index (χ0n) is 8.67. The second kappa shape index (κ2) is 6.08. The lowest BCUT2D eigenvalue weighted by Gasteiger charge is -2.16. The van der Waals surface area contributed by atoms with Gasteiger partial charge in [0, 0.05) is 4.47 Å². The molecule has 4 nitrogen and oxygen atoms in total. The summed E-state index contributed by atoms with van der Waals surface area (Å²) in [5.41, 5.74) is 2.05. The standard InChI is InChI=1S/C10H12BrClN2O2/c1-2-8(10(15)14-13)16-9-5-6(11)3-4-7(9)12/h3-5,8H,2,13H2,1H3,(H,14,15). The van der Waals surface area contributed by atoms with Crippen molar-refractivity contribution in [2.45, 2.75) is 19.4 Å². The highest BCUT2D eigenvalue weighted by Crippen LogP contribution is 2.29. The summed E-state index contributed by atoms with van der Waals surface area (Å²) >= 11 is 9.23. The molecule has 1 aromatic carbocycles. The highest BCUT2D eigenvalue weighted by Gasteiger charge is 2.18. The predicted molar refractivity (Wildman–Crippen MR) is 66.2 cm³/mol.